The monoisotopic (exact) mass is 606 g/mol. The molecule has 0 fully saturated rings. The summed E-state index contributed by atoms with van der Waals surface area (Å²) in [5.41, 5.74) is 9.29. The molecule has 2 heteroatoms. The molecule has 0 aliphatic heterocycles. The Morgan fingerprint density at radius 2 is 1.21 bits per heavy atom. The Morgan fingerprint density at radius 3 is 1.89 bits per heavy atom. The third-order valence-electron chi connectivity index (χ3n) is 8.69. The molecule has 0 bridgehead atoms. The molecule has 2 nitrogen and oxygen atoms in total. The van der Waals surface area contributed by atoms with Gasteiger partial charge in [0.1, 0.15) is 0 Å². The molecule has 1 unspecified atom stereocenters. The zero-order valence-corrected chi connectivity index (χ0v) is 26.7. The van der Waals surface area contributed by atoms with E-state index in [1.54, 1.807) is 0 Å². The highest BCUT2D eigenvalue weighted by Gasteiger charge is 2.21. The van der Waals surface area contributed by atoms with Gasteiger partial charge in [0.25, 0.3) is 0 Å². The molecule has 6 aromatic carbocycles. The van der Waals surface area contributed by atoms with Crippen molar-refractivity contribution in [1.29, 1.82) is 0 Å². The SMILES string of the molecule is C/C=C\C=C(/c1ccccc1)N(c1ccccc1)c1ccc(-c2ccc(N(c3cccc4ccccc34)C3C=CC=CC3)cc2)cc1. The molecule has 0 saturated carbocycles. The zero-order chi connectivity index (χ0) is 31.8. The number of para-hydroxylation sites is 1. The first-order valence-corrected chi connectivity index (χ1v) is 16.3. The highest BCUT2D eigenvalue weighted by molar-refractivity contribution is 5.96. The molecular formula is C45H38N2. The maximum atomic E-state index is 2.48. The molecule has 228 valence electrons. The zero-order valence-electron chi connectivity index (χ0n) is 26.7. The van der Waals surface area contributed by atoms with E-state index in [4.69, 9.17) is 0 Å². The highest BCUT2D eigenvalue weighted by atomic mass is 15.2. The van der Waals surface area contributed by atoms with Gasteiger partial charge < -0.3 is 9.80 Å². The Labute approximate surface area is 278 Å². The molecule has 1 aliphatic carbocycles. The molecule has 7 rings (SSSR count). The summed E-state index contributed by atoms with van der Waals surface area (Å²) in [5.74, 6) is 0. The summed E-state index contributed by atoms with van der Waals surface area (Å²) in [5, 5.41) is 2.52. The summed E-state index contributed by atoms with van der Waals surface area (Å²) in [7, 11) is 0. The van der Waals surface area contributed by atoms with E-state index >= 15 is 0 Å². The number of benzene rings is 6. The number of nitrogens with zero attached hydrogens (tertiary/aromatic N) is 2. The number of fused-ring (bicyclic) bond motifs is 1. The Bertz CT molecular complexity index is 2050. The Hall–Kier alpha value is -5.86. The van der Waals surface area contributed by atoms with Gasteiger partial charge in [-0.25, -0.2) is 0 Å². The van der Waals surface area contributed by atoms with Crippen molar-refractivity contribution in [2.45, 2.75) is 19.4 Å². The molecule has 0 heterocycles. The first-order chi connectivity index (χ1) is 23.3. The lowest BCUT2D eigenvalue weighted by Gasteiger charge is -2.33. The van der Waals surface area contributed by atoms with E-state index in [1.165, 1.54) is 33.3 Å². The van der Waals surface area contributed by atoms with Gasteiger partial charge in [0.05, 0.1) is 11.7 Å². The van der Waals surface area contributed by atoms with E-state index in [2.05, 4.69) is 211 Å². The van der Waals surface area contributed by atoms with Crippen molar-refractivity contribution in [2.24, 2.45) is 0 Å². The van der Waals surface area contributed by atoms with E-state index in [9.17, 15) is 0 Å². The average molecular weight is 607 g/mol. The lowest BCUT2D eigenvalue weighted by molar-refractivity contribution is 0.787. The number of allylic oxidation sites excluding steroid dienone is 5. The van der Waals surface area contributed by atoms with Gasteiger partial charge in [-0.2, -0.15) is 0 Å². The summed E-state index contributed by atoms with van der Waals surface area (Å²) >= 11 is 0. The van der Waals surface area contributed by atoms with E-state index in [0.717, 1.165) is 29.1 Å². The van der Waals surface area contributed by atoms with Crippen molar-refractivity contribution in [3.8, 4) is 11.1 Å². The normalized spacial score (nSPS) is 14.5. The predicted octanol–water partition coefficient (Wildman–Crippen LogP) is 12.3. The van der Waals surface area contributed by atoms with Gasteiger partial charge in [0.15, 0.2) is 0 Å². The summed E-state index contributed by atoms with van der Waals surface area (Å²) in [6.07, 6.45) is 16.2. The van der Waals surface area contributed by atoms with Crippen LogP contribution >= 0.6 is 0 Å². The largest absolute Gasteiger partial charge is 0.334 e. The molecule has 6 aromatic rings. The summed E-state index contributed by atoms with van der Waals surface area (Å²) in [6, 6.07) is 54.6. The van der Waals surface area contributed by atoms with Gasteiger partial charge in [-0.15, -0.1) is 0 Å². The lowest BCUT2D eigenvalue weighted by atomic mass is 10.00. The molecule has 0 spiro atoms. The smallest absolute Gasteiger partial charge is 0.0560 e. The van der Waals surface area contributed by atoms with Gasteiger partial charge in [0, 0.05) is 28.1 Å². The number of rotatable bonds is 9. The molecule has 0 saturated heterocycles. The molecule has 1 aliphatic rings. The maximum Gasteiger partial charge on any atom is 0.0560 e. The minimum atomic E-state index is 0.245. The van der Waals surface area contributed by atoms with Gasteiger partial charge in [-0.1, -0.05) is 146 Å². The Balaban J connectivity index is 1.23. The number of hydrogen-bond acceptors (Lipinski definition) is 2. The van der Waals surface area contributed by atoms with Crippen molar-refractivity contribution in [1.82, 2.24) is 0 Å². The summed E-state index contributed by atoms with van der Waals surface area (Å²) in [6.45, 7) is 2.05. The van der Waals surface area contributed by atoms with Crippen LogP contribution in [-0.2, 0) is 0 Å². The number of hydrogen-bond donors (Lipinski definition) is 0. The van der Waals surface area contributed by atoms with Crippen LogP contribution < -0.4 is 9.80 Å². The van der Waals surface area contributed by atoms with Crippen molar-refractivity contribution >= 4 is 39.2 Å². The van der Waals surface area contributed by atoms with E-state index in [-0.39, 0.29) is 6.04 Å². The molecule has 1 atom stereocenters. The second kappa shape index (κ2) is 14.1. The lowest BCUT2D eigenvalue weighted by Crippen LogP contribution is -2.29. The van der Waals surface area contributed by atoms with Crippen LogP contribution in [0, 0.1) is 0 Å². The van der Waals surface area contributed by atoms with Crippen molar-refractivity contribution in [2.75, 3.05) is 9.80 Å². The van der Waals surface area contributed by atoms with Crippen LogP contribution in [0.2, 0.25) is 0 Å². The van der Waals surface area contributed by atoms with Crippen LogP contribution in [0.25, 0.3) is 27.6 Å². The predicted molar refractivity (Wildman–Crippen MR) is 202 cm³/mol. The van der Waals surface area contributed by atoms with Crippen LogP contribution in [-0.4, -0.2) is 6.04 Å². The van der Waals surface area contributed by atoms with Crippen molar-refractivity contribution in [3.05, 3.63) is 200 Å². The minimum absolute atomic E-state index is 0.245. The first-order valence-electron chi connectivity index (χ1n) is 16.3. The van der Waals surface area contributed by atoms with E-state index < -0.39 is 0 Å². The molecule has 0 aromatic heterocycles. The van der Waals surface area contributed by atoms with Crippen LogP contribution in [0.5, 0.6) is 0 Å². The van der Waals surface area contributed by atoms with Gasteiger partial charge in [-0.05, 0) is 84.0 Å². The van der Waals surface area contributed by atoms with E-state index in [0.29, 0.717) is 0 Å². The topological polar surface area (TPSA) is 6.48 Å². The van der Waals surface area contributed by atoms with Crippen molar-refractivity contribution in [3.63, 3.8) is 0 Å². The first kappa shape index (κ1) is 29.8. The molecule has 0 amide bonds. The van der Waals surface area contributed by atoms with Crippen LogP contribution in [0.4, 0.5) is 22.7 Å². The highest BCUT2D eigenvalue weighted by Crippen LogP contribution is 2.38. The second-order valence-corrected chi connectivity index (χ2v) is 11.7. The average Bonchev–Trinajstić information content (AvgIpc) is 3.15. The van der Waals surface area contributed by atoms with Crippen molar-refractivity contribution < 1.29 is 0 Å². The molecule has 47 heavy (non-hydrogen) atoms. The molecular weight excluding hydrogens is 569 g/mol. The fourth-order valence-electron chi connectivity index (χ4n) is 6.40. The maximum absolute atomic E-state index is 2.48. The van der Waals surface area contributed by atoms with Gasteiger partial charge >= 0.3 is 0 Å². The van der Waals surface area contributed by atoms with Crippen LogP contribution in [0.15, 0.2) is 194 Å². The molecule has 0 N–H and O–H groups in total. The summed E-state index contributed by atoms with van der Waals surface area (Å²) < 4.78 is 0. The quantitative estimate of drug-likeness (QED) is 0.151. The molecule has 0 radical (unpaired) electrons. The van der Waals surface area contributed by atoms with Crippen LogP contribution in [0.1, 0.15) is 18.9 Å². The minimum Gasteiger partial charge on any atom is -0.334 e. The fraction of sp³-hybridized carbons (Fsp3) is 0.0667. The third kappa shape index (κ3) is 6.45. The fourth-order valence-corrected chi connectivity index (χ4v) is 6.40. The number of anilines is 4. The Morgan fingerprint density at radius 1 is 0.596 bits per heavy atom. The standard InChI is InChI=1S/C45H38N2/c1-2-3-25-44(38-17-7-4-8-18-38)46(39-20-9-5-10-21-39)41-31-27-35(28-32-41)36-29-33-42(34-30-36)47(40-22-11-6-12-23-40)45-26-15-19-37-16-13-14-24-43(37)45/h2-22,24-34,40H,23H2,1H3/b3-2-,44-25+. The van der Waals surface area contributed by atoms with Gasteiger partial charge in [0.2, 0.25) is 0 Å². The summed E-state index contributed by atoms with van der Waals surface area (Å²) in [4.78, 5) is 4.81. The second-order valence-electron chi connectivity index (χ2n) is 11.7. The van der Waals surface area contributed by atoms with E-state index in [1.807, 2.05) is 0 Å². The third-order valence-corrected chi connectivity index (χ3v) is 8.69. The van der Waals surface area contributed by atoms with Crippen LogP contribution in [0.3, 0.4) is 0 Å². The van der Waals surface area contributed by atoms with Gasteiger partial charge in [-0.3, -0.25) is 0 Å². The Kier molecular flexibility index (Phi) is 8.92.